The highest BCUT2D eigenvalue weighted by atomic mass is 16.5. The summed E-state index contributed by atoms with van der Waals surface area (Å²) in [6.45, 7) is 8.74. The van der Waals surface area contributed by atoms with Crippen molar-refractivity contribution >= 4 is 11.7 Å². The third-order valence-corrected chi connectivity index (χ3v) is 5.19. The summed E-state index contributed by atoms with van der Waals surface area (Å²) in [5.41, 5.74) is 5.17. The van der Waals surface area contributed by atoms with Crippen LogP contribution in [0.5, 0.6) is 0 Å². The Labute approximate surface area is 185 Å². The van der Waals surface area contributed by atoms with E-state index in [9.17, 15) is 4.79 Å². The SMILES string of the molecule is CCOC(=O)C(Cc1ccc(C(C)(C)C)cc1)N=C(c1ccccc1)c1ccccc1. The Morgan fingerprint density at radius 1 is 0.839 bits per heavy atom. The van der Waals surface area contributed by atoms with Gasteiger partial charge in [0.1, 0.15) is 0 Å². The van der Waals surface area contributed by atoms with E-state index < -0.39 is 6.04 Å². The number of carbonyl (C=O) groups is 1. The quantitative estimate of drug-likeness (QED) is 0.352. The fraction of sp³-hybridized carbons (Fsp3) is 0.286. The molecule has 0 bridgehead atoms. The molecule has 3 nitrogen and oxygen atoms in total. The molecule has 3 aromatic rings. The van der Waals surface area contributed by atoms with Crippen molar-refractivity contribution in [2.45, 2.75) is 45.6 Å². The lowest BCUT2D eigenvalue weighted by Crippen LogP contribution is -2.26. The molecule has 0 saturated heterocycles. The van der Waals surface area contributed by atoms with E-state index in [2.05, 4.69) is 45.0 Å². The first kappa shape index (κ1) is 22.5. The topological polar surface area (TPSA) is 38.7 Å². The summed E-state index contributed by atoms with van der Waals surface area (Å²) >= 11 is 0. The van der Waals surface area contributed by atoms with Crippen molar-refractivity contribution in [1.29, 1.82) is 0 Å². The number of rotatable bonds is 7. The molecule has 0 aliphatic heterocycles. The average molecular weight is 414 g/mol. The van der Waals surface area contributed by atoms with Crippen LogP contribution in [0.25, 0.3) is 0 Å². The Hall–Kier alpha value is -3.20. The number of benzene rings is 3. The van der Waals surface area contributed by atoms with E-state index in [1.165, 1.54) is 5.56 Å². The number of aliphatic imine (C=N–C) groups is 1. The molecule has 0 amide bonds. The van der Waals surface area contributed by atoms with Gasteiger partial charge in [-0.25, -0.2) is 4.79 Å². The largest absolute Gasteiger partial charge is 0.464 e. The van der Waals surface area contributed by atoms with Gasteiger partial charge in [0.2, 0.25) is 0 Å². The highest BCUT2D eigenvalue weighted by molar-refractivity contribution is 6.13. The second kappa shape index (κ2) is 10.2. The van der Waals surface area contributed by atoms with E-state index in [0.29, 0.717) is 13.0 Å². The predicted octanol–water partition coefficient (Wildman–Crippen LogP) is 6.00. The smallest absolute Gasteiger partial charge is 0.331 e. The lowest BCUT2D eigenvalue weighted by molar-refractivity contribution is -0.144. The molecule has 160 valence electrons. The van der Waals surface area contributed by atoms with Gasteiger partial charge in [-0.1, -0.05) is 106 Å². The van der Waals surface area contributed by atoms with Gasteiger partial charge in [0, 0.05) is 17.5 Å². The number of hydrogen-bond acceptors (Lipinski definition) is 3. The van der Waals surface area contributed by atoms with Gasteiger partial charge >= 0.3 is 5.97 Å². The number of esters is 1. The van der Waals surface area contributed by atoms with Gasteiger partial charge < -0.3 is 4.74 Å². The third kappa shape index (κ3) is 6.14. The maximum absolute atomic E-state index is 12.8. The highest BCUT2D eigenvalue weighted by Gasteiger charge is 2.22. The molecule has 31 heavy (non-hydrogen) atoms. The molecular weight excluding hydrogens is 382 g/mol. The molecule has 1 atom stereocenters. The van der Waals surface area contributed by atoms with E-state index in [0.717, 1.165) is 22.4 Å². The van der Waals surface area contributed by atoms with E-state index >= 15 is 0 Å². The number of carbonyl (C=O) groups excluding carboxylic acids is 1. The third-order valence-electron chi connectivity index (χ3n) is 5.19. The van der Waals surface area contributed by atoms with Crippen LogP contribution in [-0.4, -0.2) is 24.3 Å². The first-order valence-electron chi connectivity index (χ1n) is 10.8. The van der Waals surface area contributed by atoms with Gasteiger partial charge in [-0.05, 0) is 23.5 Å². The number of nitrogens with zero attached hydrogens (tertiary/aromatic N) is 1. The maximum Gasteiger partial charge on any atom is 0.331 e. The molecule has 0 fully saturated rings. The van der Waals surface area contributed by atoms with Crippen LogP contribution < -0.4 is 0 Å². The Morgan fingerprint density at radius 3 is 1.81 bits per heavy atom. The zero-order valence-corrected chi connectivity index (χ0v) is 18.8. The van der Waals surface area contributed by atoms with E-state index in [1.54, 1.807) is 0 Å². The van der Waals surface area contributed by atoms with Crippen molar-refractivity contribution in [3.8, 4) is 0 Å². The maximum atomic E-state index is 12.8. The zero-order chi connectivity index (χ0) is 22.3. The second-order valence-electron chi connectivity index (χ2n) is 8.63. The Bertz CT molecular complexity index is 959. The van der Waals surface area contributed by atoms with Crippen LogP contribution in [0.15, 0.2) is 89.9 Å². The monoisotopic (exact) mass is 413 g/mol. The van der Waals surface area contributed by atoms with Gasteiger partial charge in [0.15, 0.2) is 6.04 Å². The number of hydrogen-bond donors (Lipinski definition) is 0. The molecule has 3 heteroatoms. The van der Waals surface area contributed by atoms with Gasteiger partial charge in [0.25, 0.3) is 0 Å². The molecule has 3 rings (SSSR count). The molecule has 0 saturated carbocycles. The molecule has 0 spiro atoms. The molecular formula is C28H31NO2. The van der Waals surface area contributed by atoms with Crippen molar-refractivity contribution in [2.24, 2.45) is 4.99 Å². The average Bonchev–Trinajstić information content (AvgIpc) is 2.77. The summed E-state index contributed by atoms with van der Waals surface area (Å²) in [7, 11) is 0. The normalized spacial score (nSPS) is 12.1. The Balaban J connectivity index is 1.99. The molecule has 0 aliphatic rings. The summed E-state index contributed by atoms with van der Waals surface area (Å²) in [5, 5.41) is 0. The molecule has 1 unspecified atom stereocenters. The Morgan fingerprint density at radius 2 is 1.35 bits per heavy atom. The molecule has 3 aromatic carbocycles. The standard InChI is InChI=1S/C28H31NO2/c1-5-31-27(30)25(20-21-16-18-24(19-17-21)28(2,3)4)29-26(22-12-8-6-9-13-22)23-14-10-7-11-15-23/h6-19,25H,5,20H2,1-4H3. The lowest BCUT2D eigenvalue weighted by atomic mass is 9.86. The zero-order valence-electron chi connectivity index (χ0n) is 18.8. The molecule has 0 aromatic heterocycles. The fourth-order valence-electron chi connectivity index (χ4n) is 3.45. The van der Waals surface area contributed by atoms with Gasteiger partial charge in [-0.2, -0.15) is 0 Å². The van der Waals surface area contributed by atoms with Crippen LogP contribution >= 0.6 is 0 Å². The van der Waals surface area contributed by atoms with Gasteiger partial charge in [0.05, 0.1) is 12.3 Å². The first-order chi connectivity index (χ1) is 14.9. The minimum Gasteiger partial charge on any atom is -0.464 e. The van der Waals surface area contributed by atoms with Crippen LogP contribution in [0.2, 0.25) is 0 Å². The van der Waals surface area contributed by atoms with Gasteiger partial charge in [-0.3, -0.25) is 4.99 Å². The second-order valence-corrected chi connectivity index (χ2v) is 8.63. The van der Waals surface area contributed by atoms with Crippen LogP contribution in [-0.2, 0) is 21.4 Å². The van der Waals surface area contributed by atoms with Crippen molar-refractivity contribution < 1.29 is 9.53 Å². The highest BCUT2D eigenvalue weighted by Crippen LogP contribution is 2.23. The van der Waals surface area contributed by atoms with E-state index in [-0.39, 0.29) is 11.4 Å². The van der Waals surface area contributed by atoms with E-state index in [4.69, 9.17) is 9.73 Å². The van der Waals surface area contributed by atoms with Crippen LogP contribution in [0.4, 0.5) is 0 Å². The van der Waals surface area contributed by atoms with Crippen molar-refractivity contribution in [2.75, 3.05) is 6.61 Å². The van der Waals surface area contributed by atoms with Crippen LogP contribution in [0.1, 0.15) is 49.9 Å². The van der Waals surface area contributed by atoms with Crippen molar-refractivity contribution in [3.05, 3.63) is 107 Å². The minimum atomic E-state index is -0.615. The molecule has 0 radical (unpaired) electrons. The molecule has 0 N–H and O–H groups in total. The first-order valence-corrected chi connectivity index (χ1v) is 10.8. The van der Waals surface area contributed by atoms with Crippen molar-refractivity contribution in [3.63, 3.8) is 0 Å². The van der Waals surface area contributed by atoms with Crippen molar-refractivity contribution in [1.82, 2.24) is 0 Å². The van der Waals surface area contributed by atoms with E-state index in [1.807, 2.05) is 67.6 Å². The van der Waals surface area contributed by atoms with Crippen LogP contribution in [0, 0.1) is 0 Å². The summed E-state index contributed by atoms with van der Waals surface area (Å²) in [6, 6.07) is 27.8. The molecule has 0 aliphatic carbocycles. The van der Waals surface area contributed by atoms with Crippen LogP contribution in [0.3, 0.4) is 0 Å². The summed E-state index contributed by atoms with van der Waals surface area (Å²) in [4.78, 5) is 17.8. The Kier molecular flexibility index (Phi) is 7.41. The lowest BCUT2D eigenvalue weighted by Gasteiger charge is -2.20. The van der Waals surface area contributed by atoms with Gasteiger partial charge in [-0.15, -0.1) is 0 Å². The predicted molar refractivity (Wildman–Crippen MR) is 128 cm³/mol. The fourth-order valence-corrected chi connectivity index (χ4v) is 3.45. The number of ether oxygens (including phenoxy) is 1. The summed E-state index contributed by atoms with van der Waals surface area (Å²) in [6.07, 6.45) is 0.492. The summed E-state index contributed by atoms with van der Waals surface area (Å²) < 4.78 is 5.38. The summed E-state index contributed by atoms with van der Waals surface area (Å²) in [5.74, 6) is -0.299. The molecule has 0 heterocycles. The minimum absolute atomic E-state index is 0.0883.